The van der Waals surface area contributed by atoms with Crippen molar-refractivity contribution in [2.24, 2.45) is 0 Å². The van der Waals surface area contributed by atoms with Gasteiger partial charge in [-0.2, -0.15) is 0 Å². The second-order valence-electron chi connectivity index (χ2n) is 4.48. The van der Waals surface area contributed by atoms with E-state index in [1.54, 1.807) is 12.3 Å². The number of hydrogen-bond acceptors (Lipinski definition) is 2. The van der Waals surface area contributed by atoms with Crippen LogP contribution in [0.1, 0.15) is 22.9 Å². The number of nitrogens with one attached hydrogen (secondary N) is 1. The van der Waals surface area contributed by atoms with Crippen LogP contribution in [0.5, 0.6) is 0 Å². The highest BCUT2D eigenvalue weighted by Gasteiger charge is 2.16. The fraction of sp³-hybridized carbons (Fsp3) is 0.267. The number of aromatic nitrogens is 1. The summed E-state index contributed by atoms with van der Waals surface area (Å²) < 4.78 is 14.8. The predicted octanol–water partition coefficient (Wildman–Crippen LogP) is 3.79. The lowest BCUT2D eigenvalue weighted by atomic mass is 9.99. The zero-order valence-electron chi connectivity index (χ0n) is 11.0. The van der Waals surface area contributed by atoms with E-state index in [4.69, 9.17) is 0 Å². The Morgan fingerprint density at radius 3 is 2.84 bits per heavy atom. The Morgan fingerprint density at radius 1 is 1.37 bits per heavy atom. The topological polar surface area (TPSA) is 24.9 Å². The summed E-state index contributed by atoms with van der Waals surface area (Å²) in [6.07, 6.45) is 2.43. The van der Waals surface area contributed by atoms with Crippen LogP contribution in [0.2, 0.25) is 0 Å². The first-order chi connectivity index (χ1) is 9.11. The average Bonchev–Trinajstić information content (AvgIpc) is 2.41. The Hall–Kier alpha value is -1.26. The molecule has 0 radical (unpaired) electrons. The molecule has 1 unspecified atom stereocenters. The molecular weight excluding hydrogens is 307 g/mol. The zero-order valence-corrected chi connectivity index (χ0v) is 12.5. The molecule has 0 saturated carbocycles. The van der Waals surface area contributed by atoms with Crippen LogP contribution in [0.4, 0.5) is 4.39 Å². The molecule has 0 saturated heterocycles. The van der Waals surface area contributed by atoms with Gasteiger partial charge in [-0.15, -0.1) is 0 Å². The van der Waals surface area contributed by atoms with Crippen LogP contribution >= 0.6 is 15.9 Å². The van der Waals surface area contributed by atoms with E-state index in [-0.39, 0.29) is 11.9 Å². The Bertz CT molecular complexity index is 572. The molecule has 0 amide bonds. The van der Waals surface area contributed by atoms with Gasteiger partial charge in [0.2, 0.25) is 0 Å². The Balaban J connectivity index is 2.30. The predicted molar refractivity (Wildman–Crippen MR) is 78.6 cm³/mol. The summed E-state index contributed by atoms with van der Waals surface area (Å²) in [5.74, 6) is -0.198. The molecule has 2 aromatic rings. The van der Waals surface area contributed by atoms with Gasteiger partial charge in [0.25, 0.3) is 0 Å². The maximum atomic E-state index is 13.9. The highest BCUT2D eigenvalue weighted by Crippen LogP contribution is 2.24. The van der Waals surface area contributed by atoms with Crippen LogP contribution in [0.3, 0.4) is 0 Å². The number of rotatable bonds is 4. The Labute approximate surface area is 121 Å². The lowest BCUT2D eigenvalue weighted by Crippen LogP contribution is -2.21. The minimum absolute atomic E-state index is 0.0916. The van der Waals surface area contributed by atoms with Gasteiger partial charge in [0, 0.05) is 34.4 Å². The molecule has 19 heavy (non-hydrogen) atoms. The first-order valence-electron chi connectivity index (χ1n) is 6.14. The molecule has 4 heteroatoms. The molecule has 1 aromatic carbocycles. The van der Waals surface area contributed by atoms with Crippen molar-refractivity contribution in [2.75, 3.05) is 7.05 Å². The van der Waals surface area contributed by atoms with Gasteiger partial charge in [-0.25, -0.2) is 4.39 Å². The van der Waals surface area contributed by atoms with Gasteiger partial charge in [0.05, 0.1) is 0 Å². The lowest BCUT2D eigenvalue weighted by Gasteiger charge is -2.18. The highest BCUT2D eigenvalue weighted by atomic mass is 79.9. The third-order valence-corrected chi connectivity index (χ3v) is 3.69. The van der Waals surface area contributed by atoms with Crippen LogP contribution in [0.15, 0.2) is 41.0 Å². The number of nitrogens with zero attached hydrogens (tertiary/aromatic N) is 1. The van der Waals surface area contributed by atoms with Gasteiger partial charge in [-0.3, -0.25) is 4.98 Å². The SMILES string of the molecule is CNC(Cc1ncccc1C)c1cc(Br)ccc1F. The van der Waals surface area contributed by atoms with Gasteiger partial charge in [-0.05, 0) is 43.8 Å². The van der Waals surface area contributed by atoms with Crippen LogP contribution < -0.4 is 5.32 Å². The van der Waals surface area contributed by atoms with E-state index in [0.717, 1.165) is 15.7 Å². The lowest BCUT2D eigenvalue weighted by molar-refractivity contribution is 0.529. The molecule has 0 spiro atoms. The largest absolute Gasteiger partial charge is 0.313 e. The summed E-state index contributed by atoms with van der Waals surface area (Å²) in [6.45, 7) is 2.02. The molecule has 1 aromatic heterocycles. The average molecular weight is 323 g/mol. The smallest absolute Gasteiger partial charge is 0.128 e. The van der Waals surface area contributed by atoms with Crippen molar-refractivity contribution < 1.29 is 4.39 Å². The second-order valence-corrected chi connectivity index (χ2v) is 5.39. The molecule has 0 aliphatic heterocycles. The molecule has 0 aliphatic rings. The summed E-state index contributed by atoms with van der Waals surface area (Å²) in [5, 5.41) is 3.16. The van der Waals surface area contributed by atoms with Crippen molar-refractivity contribution in [3.05, 3.63) is 63.6 Å². The maximum Gasteiger partial charge on any atom is 0.128 e. The van der Waals surface area contributed by atoms with E-state index < -0.39 is 0 Å². The summed E-state index contributed by atoms with van der Waals surface area (Å²) in [6, 6.07) is 8.84. The second kappa shape index (κ2) is 6.26. The maximum absolute atomic E-state index is 13.9. The van der Waals surface area contributed by atoms with Crippen molar-refractivity contribution >= 4 is 15.9 Å². The van der Waals surface area contributed by atoms with Crippen LogP contribution in [-0.4, -0.2) is 12.0 Å². The Morgan fingerprint density at radius 2 is 2.16 bits per heavy atom. The summed E-state index contributed by atoms with van der Waals surface area (Å²) >= 11 is 3.38. The number of aryl methyl sites for hydroxylation is 1. The van der Waals surface area contributed by atoms with Crippen LogP contribution in [0.25, 0.3) is 0 Å². The van der Waals surface area contributed by atoms with Crippen molar-refractivity contribution in [3.8, 4) is 0 Å². The van der Waals surface area contributed by atoms with Gasteiger partial charge >= 0.3 is 0 Å². The quantitative estimate of drug-likeness (QED) is 0.926. The van der Waals surface area contributed by atoms with Gasteiger partial charge in [0.1, 0.15) is 5.82 Å². The molecular formula is C15H16BrFN2. The molecule has 0 aliphatic carbocycles. The highest BCUT2D eigenvalue weighted by molar-refractivity contribution is 9.10. The molecule has 0 bridgehead atoms. The number of halogens is 2. The normalized spacial score (nSPS) is 12.4. The van der Waals surface area contributed by atoms with Crippen LogP contribution in [0, 0.1) is 12.7 Å². The number of pyridine rings is 1. The molecule has 100 valence electrons. The van der Waals surface area contributed by atoms with Crippen molar-refractivity contribution in [1.82, 2.24) is 10.3 Å². The molecule has 1 atom stereocenters. The van der Waals surface area contributed by atoms with Gasteiger partial charge in [0.15, 0.2) is 0 Å². The van der Waals surface area contributed by atoms with Gasteiger partial charge in [-0.1, -0.05) is 22.0 Å². The minimum atomic E-state index is -0.198. The fourth-order valence-electron chi connectivity index (χ4n) is 2.07. The summed E-state index contributed by atoms with van der Waals surface area (Å²) in [4.78, 5) is 4.37. The number of hydrogen-bond donors (Lipinski definition) is 1. The standard InChI is InChI=1S/C15H16BrFN2/c1-10-4-3-7-19-14(10)9-15(18-2)12-8-11(16)5-6-13(12)17/h3-8,15,18H,9H2,1-2H3. The molecule has 1 N–H and O–H groups in total. The third kappa shape index (κ3) is 3.39. The third-order valence-electron chi connectivity index (χ3n) is 3.20. The van der Waals surface area contributed by atoms with E-state index in [2.05, 4.69) is 26.2 Å². The summed E-state index contributed by atoms with van der Waals surface area (Å²) in [5.41, 5.74) is 2.77. The minimum Gasteiger partial charge on any atom is -0.313 e. The number of likely N-dealkylation sites (N-methyl/N-ethyl adjacent to an activating group) is 1. The molecule has 0 fully saturated rings. The molecule has 2 nitrogen and oxygen atoms in total. The van der Waals surface area contributed by atoms with E-state index in [1.165, 1.54) is 6.07 Å². The first-order valence-corrected chi connectivity index (χ1v) is 6.94. The van der Waals surface area contributed by atoms with Crippen LogP contribution in [-0.2, 0) is 6.42 Å². The monoisotopic (exact) mass is 322 g/mol. The van der Waals surface area contributed by atoms with E-state index in [0.29, 0.717) is 12.0 Å². The van der Waals surface area contributed by atoms with E-state index in [9.17, 15) is 4.39 Å². The van der Waals surface area contributed by atoms with Gasteiger partial charge < -0.3 is 5.32 Å². The van der Waals surface area contributed by atoms with Crippen molar-refractivity contribution in [1.29, 1.82) is 0 Å². The van der Waals surface area contributed by atoms with Crippen molar-refractivity contribution in [2.45, 2.75) is 19.4 Å². The Kier molecular flexibility index (Phi) is 4.66. The summed E-state index contributed by atoms with van der Waals surface area (Å²) in [7, 11) is 1.84. The first kappa shape index (κ1) is 14.2. The van der Waals surface area contributed by atoms with Crippen molar-refractivity contribution in [3.63, 3.8) is 0 Å². The van der Waals surface area contributed by atoms with E-state index >= 15 is 0 Å². The zero-order chi connectivity index (χ0) is 13.8. The molecule has 1 heterocycles. The fourth-order valence-corrected chi connectivity index (χ4v) is 2.45. The number of benzene rings is 1. The molecule has 2 rings (SSSR count). The van der Waals surface area contributed by atoms with E-state index in [1.807, 2.05) is 32.2 Å².